The Morgan fingerprint density at radius 3 is 1.89 bits per heavy atom. The summed E-state index contributed by atoms with van der Waals surface area (Å²) < 4.78 is 17.7. The molecule has 188 valence electrons. The van der Waals surface area contributed by atoms with Gasteiger partial charge in [-0.25, -0.2) is 4.90 Å². The number of anilines is 1. The number of benzene rings is 3. The van der Waals surface area contributed by atoms with E-state index in [4.69, 9.17) is 14.2 Å². The average molecular weight is 554 g/mol. The SMILES string of the molecule is CCCOc1c2c(c(OCCC)c3ccccc13)C(=O)N(c1ccc(CC(=O)OCC)cc1Br)C2=O. The number of esters is 1. The van der Waals surface area contributed by atoms with Crippen molar-refractivity contribution >= 4 is 50.2 Å². The summed E-state index contributed by atoms with van der Waals surface area (Å²) in [5, 5.41) is 1.45. The molecule has 0 aromatic heterocycles. The maximum absolute atomic E-state index is 13.8. The van der Waals surface area contributed by atoms with Crippen LogP contribution in [0.25, 0.3) is 10.8 Å². The van der Waals surface area contributed by atoms with Crippen LogP contribution in [0.2, 0.25) is 0 Å². The van der Waals surface area contributed by atoms with E-state index in [1.165, 1.54) is 0 Å². The third kappa shape index (κ3) is 4.69. The van der Waals surface area contributed by atoms with Crippen LogP contribution >= 0.6 is 15.9 Å². The summed E-state index contributed by atoms with van der Waals surface area (Å²) in [5.41, 5.74) is 1.49. The molecule has 1 heterocycles. The second kappa shape index (κ2) is 11.1. The molecule has 0 N–H and O–H groups in total. The van der Waals surface area contributed by atoms with Crippen molar-refractivity contribution in [3.05, 3.63) is 63.6 Å². The molecule has 0 saturated carbocycles. The minimum atomic E-state index is -0.480. The predicted molar refractivity (Wildman–Crippen MR) is 141 cm³/mol. The largest absolute Gasteiger partial charge is 0.492 e. The first-order chi connectivity index (χ1) is 17.4. The van der Waals surface area contributed by atoms with Crippen molar-refractivity contribution < 1.29 is 28.6 Å². The minimum Gasteiger partial charge on any atom is -0.492 e. The second-order valence-electron chi connectivity index (χ2n) is 8.36. The highest BCUT2D eigenvalue weighted by atomic mass is 79.9. The highest BCUT2D eigenvalue weighted by Crippen LogP contribution is 2.47. The number of rotatable bonds is 10. The number of amides is 2. The predicted octanol–water partition coefficient (Wildman–Crippen LogP) is 6.09. The summed E-state index contributed by atoms with van der Waals surface area (Å²) >= 11 is 3.49. The van der Waals surface area contributed by atoms with E-state index in [2.05, 4.69) is 15.9 Å². The van der Waals surface area contributed by atoms with Crippen LogP contribution in [0.3, 0.4) is 0 Å². The van der Waals surface area contributed by atoms with Gasteiger partial charge in [0.15, 0.2) is 0 Å². The van der Waals surface area contributed by atoms with E-state index in [0.29, 0.717) is 47.0 Å². The number of hydrogen-bond donors (Lipinski definition) is 0. The van der Waals surface area contributed by atoms with Gasteiger partial charge in [-0.3, -0.25) is 14.4 Å². The molecule has 0 spiro atoms. The average Bonchev–Trinajstić information content (AvgIpc) is 3.11. The van der Waals surface area contributed by atoms with Crippen molar-refractivity contribution in [2.24, 2.45) is 0 Å². The standard InChI is InChI=1S/C28H28BrNO6/c1-4-13-35-25-18-9-7-8-10-19(18)26(36-14-5-2)24-23(25)27(32)30(28(24)33)21-12-11-17(15-20(21)29)16-22(31)34-6-3/h7-12,15H,4-6,13-14,16H2,1-3H3. The molecule has 1 aliphatic rings. The van der Waals surface area contributed by atoms with Gasteiger partial charge in [0.2, 0.25) is 0 Å². The zero-order valence-corrected chi connectivity index (χ0v) is 22.1. The first-order valence-corrected chi connectivity index (χ1v) is 12.9. The molecule has 8 heteroatoms. The van der Waals surface area contributed by atoms with Gasteiger partial charge in [0.1, 0.15) is 11.5 Å². The number of halogens is 1. The monoisotopic (exact) mass is 553 g/mol. The Kier molecular flexibility index (Phi) is 7.94. The fourth-order valence-electron chi connectivity index (χ4n) is 4.25. The molecular formula is C28H28BrNO6. The van der Waals surface area contributed by atoms with E-state index in [0.717, 1.165) is 28.5 Å². The lowest BCUT2D eigenvalue weighted by atomic mass is 9.99. The maximum atomic E-state index is 13.8. The molecule has 0 bridgehead atoms. The van der Waals surface area contributed by atoms with Crippen LogP contribution in [-0.2, 0) is 16.0 Å². The quantitative estimate of drug-likeness (QED) is 0.223. The summed E-state index contributed by atoms with van der Waals surface area (Å²) in [6.45, 7) is 6.81. The second-order valence-corrected chi connectivity index (χ2v) is 9.22. The molecule has 36 heavy (non-hydrogen) atoms. The molecule has 0 saturated heterocycles. The fraction of sp³-hybridized carbons (Fsp3) is 0.321. The highest BCUT2D eigenvalue weighted by molar-refractivity contribution is 9.10. The number of ether oxygens (including phenoxy) is 3. The summed E-state index contributed by atoms with van der Waals surface area (Å²) in [6.07, 6.45) is 1.58. The first kappa shape index (κ1) is 25.7. The lowest BCUT2D eigenvalue weighted by molar-refractivity contribution is -0.142. The van der Waals surface area contributed by atoms with Gasteiger partial charge in [-0.05, 0) is 53.4 Å². The van der Waals surface area contributed by atoms with Gasteiger partial charge in [-0.15, -0.1) is 0 Å². The van der Waals surface area contributed by atoms with E-state index in [-0.39, 0.29) is 23.5 Å². The fourth-order valence-corrected chi connectivity index (χ4v) is 4.85. The van der Waals surface area contributed by atoms with Gasteiger partial charge in [0.25, 0.3) is 11.8 Å². The Morgan fingerprint density at radius 1 is 0.861 bits per heavy atom. The van der Waals surface area contributed by atoms with E-state index in [1.54, 1.807) is 25.1 Å². The lowest BCUT2D eigenvalue weighted by Gasteiger charge is -2.17. The van der Waals surface area contributed by atoms with Crippen molar-refractivity contribution in [2.45, 2.75) is 40.0 Å². The third-order valence-electron chi connectivity index (χ3n) is 5.76. The van der Waals surface area contributed by atoms with Crippen molar-refractivity contribution in [3.63, 3.8) is 0 Å². The van der Waals surface area contributed by atoms with Gasteiger partial charge in [-0.2, -0.15) is 0 Å². The molecule has 7 nitrogen and oxygen atoms in total. The molecule has 0 fully saturated rings. The van der Waals surface area contributed by atoms with Crippen LogP contribution in [0.15, 0.2) is 46.9 Å². The van der Waals surface area contributed by atoms with E-state index >= 15 is 0 Å². The van der Waals surface area contributed by atoms with Crippen LogP contribution in [0, 0.1) is 0 Å². The van der Waals surface area contributed by atoms with Crippen LogP contribution in [-0.4, -0.2) is 37.6 Å². The number of carbonyl (C=O) groups is 3. The number of hydrogen-bond acceptors (Lipinski definition) is 6. The van der Waals surface area contributed by atoms with Crippen LogP contribution in [0.4, 0.5) is 5.69 Å². The Labute approximate surface area is 218 Å². The van der Waals surface area contributed by atoms with Crippen molar-refractivity contribution in [3.8, 4) is 11.5 Å². The molecular weight excluding hydrogens is 526 g/mol. The van der Waals surface area contributed by atoms with Gasteiger partial charge in [0.05, 0.1) is 43.1 Å². The van der Waals surface area contributed by atoms with Crippen LogP contribution in [0.5, 0.6) is 11.5 Å². The van der Waals surface area contributed by atoms with E-state index < -0.39 is 11.8 Å². The van der Waals surface area contributed by atoms with Crippen molar-refractivity contribution in [1.82, 2.24) is 0 Å². The van der Waals surface area contributed by atoms with Crippen molar-refractivity contribution in [1.29, 1.82) is 0 Å². The van der Waals surface area contributed by atoms with Crippen molar-refractivity contribution in [2.75, 3.05) is 24.7 Å². The summed E-state index contributed by atoms with van der Waals surface area (Å²) in [7, 11) is 0. The van der Waals surface area contributed by atoms with Crippen LogP contribution < -0.4 is 14.4 Å². The van der Waals surface area contributed by atoms with Gasteiger partial charge in [0, 0.05) is 15.2 Å². The van der Waals surface area contributed by atoms with Gasteiger partial charge >= 0.3 is 5.97 Å². The Bertz CT molecular complexity index is 1270. The van der Waals surface area contributed by atoms with Gasteiger partial charge < -0.3 is 14.2 Å². The van der Waals surface area contributed by atoms with Crippen LogP contribution in [0.1, 0.15) is 59.9 Å². The Morgan fingerprint density at radius 2 is 1.42 bits per heavy atom. The Balaban J connectivity index is 1.85. The molecule has 1 aliphatic heterocycles. The summed E-state index contributed by atoms with van der Waals surface area (Å²) in [6, 6.07) is 12.6. The molecule has 3 aromatic carbocycles. The molecule has 3 aromatic rings. The van der Waals surface area contributed by atoms with E-state index in [9.17, 15) is 14.4 Å². The highest BCUT2D eigenvalue weighted by Gasteiger charge is 2.44. The number of fused-ring (bicyclic) bond motifs is 2. The molecule has 0 unspecified atom stereocenters. The smallest absolute Gasteiger partial charge is 0.310 e. The normalized spacial score (nSPS) is 12.7. The molecule has 0 aliphatic carbocycles. The summed E-state index contributed by atoms with van der Waals surface area (Å²) in [5.74, 6) is -0.525. The lowest BCUT2D eigenvalue weighted by Crippen LogP contribution is -2.30. The van der Waals surface area contributed by atoms with E-state index in [1.807, 2.05) is 38.1 Å². The minimum absolute atomic E-state index is 0.0875. The molecule has 0 radical (unpaired) electrons. The maximum Gasteiger partial charge on any atom is 0.310 e. The number of carbonyl (C=O) groups excluding carboxylic acids is 3. The third-order valence-corrected chi connectivity index (χ3v) is 6.40. The summed E-state index contributed by atoms with van der Waals surface area (Å²) in [4.78, 5) is 40.7. The number of nitrogens with zero attached hydrogens (tertiary/aromatic N) is 1. The Hall–Kier alpha value is -3.39. The molecule has 2 amide bonds. The topological polar surface area (TPSA) is 82.1 Å². The van der Waals surface area contributed by atoms with Gasteiger partial charge in [-0.1, -0.05) is 44.2 Å². The molecule has 0 atom stereocenters. The molecule has 4 rings (SSSR count). The first-order valence-electron chi connectivity index (χ1n) is 12.1. The number of imide groups is 1. The zero-order chi connectivity index (χ0) is 25.8. The zero-order valence-electron chi connectivity index (χ0n) is 20.6.